The number of hydrogen-bond acceptors (Lipinski definition) is 4. The van der Waals surface area contributed by atoms with Crippen molar-refractivity contribution in [3.63, 3.8) is 0 Å². The van der Waals surface area contributed by atoms with E-state index in [9.17, 15) is 19.1 Å². The summed E-state index contributed by atoms with van der Waals surface area (Å²) in [5.74, 6) is 0. The molecular formula is C14H13FN2O3S. The Bertz CT molecular complexity index is 604. The largest absolute Gasteiger partial charge is 0.465 e. The summed E-state index contributed by atoms with van der Waals surface area (Å²) in [4.78, 5) is 27.3. The number of benzene rings is 1. The summed E-state index contributed by atoms with van der Waals surface area (Å²) in [6.45, 7) is -0.119. The van der Waals surface area contributed by atoms with Crippen molar-refractivity contribution in [2.45, 2.75) is 19.0 Å². The van der Waals surface area contributed by atoms with Crippen LogP contribution in [0, 0.1) is 0 Å². The quantitative estimate of drug-likeness (QED) is 0.833. The highest BCUT2D eigenvalue weighted by Gasteiger charge is 2.30. The fourth-order valence-corrected chi connectivity index (χ4v) is 2.50. The molecule has 0 fully saturated rings. The smallest absolute Gasteiger partial charge is 0.408 e. The van der Waals surface area contributed by atoms with Crippen molar-refractivity contribution in [2.75, 3.05) is 0 Å². The second kappa shape index (κ2) is 6.94. The predicted molar refractivity (Wildman–Crippen MR) is 75.7 cm³/mol. The Morgan fingerprint density at radius 3 is 2.57 bits per heavy atom. The fraction of sp³-hybridized carbons (Fsp3) is 0.214. The third-order valence-corrected chi connectivity index (χ3v) is 3.61. The zero-order valence-electron chi connectivity index (χ0n) is 11.0. The van der Waals surface area contributed by atoms with Crippen molar-refractivity contribution >= 4 is 23.5 Å². The molecule has 0 bridgehead atoms. The van der Waals surface area contributed by atoms with Gasteiger partial charge in [0, 0.05) is 11.8 Å². The minimum Gasteiger partial charge on any atom is -0.465 e. The molecule has 1 N–H and O–H groups in total. The van der Waals surface area contributed by atoms with E-state index in [2.05, 4.69) is 4.98 Å². The van der Waals surface area contributed by atoms with Crippen LogP contribution >= 0.6 is 11.3 Å². The van der Waals surface area contributed by atoms with Gasteiger partial charge in [-0.1, -0.05) is 30.3 Å². The maximum atomic E-state index is 13.3. The van der Waals surface area contributed by atoms with Crippen LogP contribution in [0.2, 0.25) is 0 Å². The van der Waals surface area contributed by atoms with Crippen LogP contribution in [0.4, 0.5) is 9.18 Å². The van der Waals surface area contributed by atoms with E-state index in [1.165, 1.54) is 11.3 Å². The van der Waals surface area contributed by atoms with E-state index in [1.807, 2.05) is 0 Å². The molecule has 0 spiro atoms. The third kappa shape index (κ3) is 4.09. The second-order valence-electron chi connectivity index (χ2n) is 4.40. The highest BCUT2D eigenvalue weighted by molar-refractivity contribution is 7.07. The molecule has 0 aliphatic heterocycles. The van der Waals surface area contributed by atoms with Crippen molar-refractivity contribution in [3.05, 3.63) is 52.5 Å². The molecular weight excluding hydrogens is 295 g/mol. The van der Waals surface area contributed by atoms with E-state index < -0.39 is 18.2 Å². The molecule has 0 radical (unpaired) electrons. The van der Waals surface area contributed by atoms with Crippen LogP contribution in [-0.4, -0.2) is 33.2 Å². The molecule has 0 saturated heterocycles. The fourth-order valence-electron chi connectivity index (χ4n) is 1.95. The van der Waals surface area contributed by atoms with E-state index in [1.54, 1.807) is 41.2 Å². The molecule has 1 aromatic carbocycles. The molecule has 1 aromatic heterocycles. The van der Waals surface area contributed by atoms with E-state index >= 15 is 0 Å². The Morgan fingerprint density at radius 1 is 1.33 bits per heavy atom. The van der Waals surface area contributed by atoms with Crippen molar-refractivity contribution in [1.29, 1.82) is 0 Å². The summed E-state index contributed by atoms with van der Waals surface area (Å²) in [7, 11) is 0. The van der Waals surface area contributed by atoms with Gasteiger partial charge in [-0.05, 0) is 5.56 Å². The molecule has 0 aliphatic carbocycles. The van der Waals surface area contributed by atoms with Crippen LogP contribution in [0.3, 0.4) is 0 Å². The van der Waals surface area contributed by atoms with Crippen molar-refractivity contribution in [1.82, 2.24) is 9.88 Å². The number of carbonyl (C=O) groups excluding carboxylic acids is 1. The molecule has 0 saturated carbocycles. The summed E-state index contributed by atoms with van der Waals surface area (Å²) >= 11 is 1.31. The van der Waals surface area contributed by atoms with Gasteiger partial charge in [0.1, 0.15) is 6.04 Å². The minimum atomic E-state index is -1.67. The first kappa shape index (κ1) is 15.1. The summed E-state index contributed by atoms with van der Waals surface area (Å²) < 4.78 is 13.3. The van der Waals surface area contributed by atoms with Gasteiger partial charge in [0.2, 0.25) is 0 Å². The average molecular weight is 308 g/mol. The monoisotopic (exact) mass is 308 g/mol. The number of carbonyl (C=O) groups is 2. The molecule has 2 rings (SSSR count). The molecule has 0 aliphatic rings. The van der Waals surface area contributed by atoms with Crippen LogP contribution in [-0.2, 0) is 17.8 Å². The molecule has 5 nitrogen and oxygen atoms in total. The van der Waals surface area contributed by atoms with Gasteiger partial charge in [0.25, 0.3) is 0 Å². The van der Waals surface area contributed by atoms with Crippen LogP contribution in [0.25, 0.3) is 0 Å². The Balaban J connectivity index is 2.20. The Labute approximate surface area is 124 Å². The van der Waals surface area contributed by atoms with Gasteiger partial charge in [0.15, 0.2) is 0 Å². The molecule has 2 aromatic rings. The summed E-state index contributed by atoms with van der Waals surface area (Å²) in [5, 5.41) is 10.9. The second-order valence-corrected chi connectivity index (χ2v) is 5.12. The predicted octanol–water partition coefficient (Wildman–Crippen LogP) is 2.73. The van der Waals surface area contributed by atoms with Gasteiger partial charge in [-0.15, -0.1) is 11.3 Å². The molecule has 1 amide bonds. The Morgan fingerprint density at radius 2 is 2.05 bits per heavy atom. The van der Waals surface area contributed by atoms with Gasteiger partial charge in [0.05, 0.1) is 17.7 Å². The topological polar surface area (TPSA) is 70.5 Å². The first-order valence-electron chi connectivity index (χ1n) is 6.18. The van der Waals surface area contributed by atoms with Gasteiger partial charge in [-0.25, -0.2) is 9.78 Å². The highest BCUT2D eigenvalue weighted by atomic mass is 32.1. The van der Waals surface area contributed by atoms with E-state index in [-0.39, 0.29) is 13.0 Å². The average Bonchev–Trinajstić information content (AvgIpc) is 2.96. The van der Waals surface area contributed by atoms with Crippen LogP contribution in [0.5, 0.6) is 0 Å². The highest BCUT2D eigenvalue weighted by Crippen LogP contribution is 2.15. The van der Waals surface area contributed by atoms with Gasteiger partial charge in [-0.2, -0.15) is 4.39 Å². The number of amides is 1. The lowest BCUT2D eigenvalue weighted by Crippen LogP contribution is -2.44. The van der Waals surface area contributed by atoms with Gasteiger partial charge in [-0.3, -0.25) is 9.69 Å². The number of carboxylic acid groups (broad SMARTS) is 1. The summed E-state index contributed by atoms with van der Waals surface area (Å²) in [6.07, 6.45) is -1.36. The van der Waals surface area contributed by atoms with Gasteiger partial charge >= 0.3 is 12.1 Å². The molecule has 1 heterocycles. The van der Waals surface area contributed by atoms with Crippen molar-refractivity contribution in [2.24, 2.45) is 0 Å². The number of thiazole rings is 1. The first-order valence-corrected chi connectivity index (χ1v) is 7.12. The maximum Gasteiger partial charge on any atom is 0.408 e. The standard InChI is InChI=1S/C14H13FN2O3S/c15-13(18)12(6-10-4-2-1-3-5-10)17(14(19)20)7-11-8-21-9-16-11/h1-5,8-9,12H,6-7H2,(H,19,20). The lowest BCUT2D eigenvalue weighted by Gasteiger charge is -2.25. The van der Waals surface area contributed by atoms with Crippen LogP contribution in [0.15, 0.2) is 41.2 Å². The lowest BCUT2D eigenvalue weighted by molar-refractivity contribution is -0.134. The number of hydrogen-bond donors (Lipinski definition) is 1. The zero-order valence-corrected chi connectivity index (χ0v) is 11.8. The maximum absolute atomic E-state index is 13.3. The minimum absolute atomic E-state index is 0.00733. The molecule has 1 atom stereocenters. The first-order chi connectivity index (χ1) is 10.1. The normalized spacial score (nSPS) is 11.9. The van der Waals surface area contributed by atoms with Crippen LogP contribution < -0.4 is 0 Å². The van der Waals surface area contributed by atoms with Crippen LogP contribution in [0.1, 0.15) is 11.3 Å². The Kier molecular flexibility index (Phi) is 4.99. The lowest BCUT2D eigenvalue weighted by atomic mass is 10.1. The summed E-state index contributed by atoms with van der Waals surface area (Å²) in [5.41, 5.74) is 2.73. The Hall–Kier alpha value is -2.28. The zero-order chi connectivity index (χ0) is 15.2. The summed E-state index contributed by atoms with van der Waals surface area (Å²) in [6, 6.07) is 5.70. The molecule has 7 heteroatoms. The van der Waals surface area contributed by atoms with E-state index in [0.717, 1.165) is 4.90 Å². The molecule has 21 heavy (non-hydrogen) atoms. The van der Waals surface area contributed by atoms with Gasteiger partial charge < -0.3 is 5.11 Å². The van der Waals surface area contributed by atoms with Crippen molar-refractivity contribution in [3.8, 4) is 0 Å². The third-order valence-electron chi connectivity index (χ3n) is 2.97. The number of nitrogens with zero attached hydrogens (tertiary/aromatic N) is 2. The SMILES string of the molecule is O=C(F)C(Cc1ccccc1)N(Cc1cscn1)C(=O)O. The van der Waals surface area contributed by atoms with E-state index in [0.29, 0.717) is 11.3 Å². The number of halogens is 1. The number of rotatable bonds is 6. The van der Waals surface area contributed by atoms with Crippen molar-refractivity contribution < 1.29 is 19.1 Å². The van der Waals surface area contributed by atoms with E-state index in [4.69, 9.17) is 0 Å². The number of aromatic nitrogens is 1. The molecule has 1 unspecified atom stereocenters. The molecule has 110 valence electrons.